The minimum atomic E-state index is -2.58. The molecule has 112 valence electrons. The van der Waals surface area contributed by atoms with Gasteiger partial charge in [0.2, 0.25) is 0 Å². The molecule has 9 heteroatoms. The number of aromatic nitrogens is 2. The Labute approximate surface area is 118 Å². The second-order valence-corrected chi connectivity index (χ2v) is 5.05. The van der Waals surface area contributed by atoms with Crippen molar-refractivity contribution in [2.24, 2.45) is 0 Å². The molecule has 1 saturated heterocycles. The van der Waals surface area contributed by atoms with Gasteiger partial charge in [0.1, 0.15) is 23.5 Å². The average molecular weight is 306 g/mol. The number of rotatable bonds is 3. The fraction of sp³-hybridized carbons (Fsp3) is 0.636. The number of aryl methyl sites for hydroxylation is 1. The zero-order valence-corrected chi connectivity index (χ0v) is 11.7. The van der Waals surface area contributed by atoms with Gasteiger partial charge in [-0.3, -0.25) is 9.55 Å². The standard InChI is InChI=1S/C11H15FN2O5S/c1-5-3-14(10(17)13-8(5)20)9-6(15)7(16)11(12,19-9)4-18-2/h3,6-7,9,15-16H,4H2,1-2H3,(H,13,17,20)/t6-,7+,9-,11-/m1/s1. The number of H-pyrrole nitrogens is 1. The summed E-state index contributed by atoms with van der Waals surface area (Å²) in [5, 5.41) is 19.6. The summed E-state index contributed by atoms with van der Waals surface area (Å²) in [6.07, 6.45) is -3.48. The van der Waals surface area contributed by atoms with E-state index in [1.54, 1.807) is 6.92 Å². The molecule has 0 amide bonds. The van der Waals surface area contributed by atoms with E-state index in [1.807, 2.05) is 0 Å². The van der Waals surface area contributed by atoms with Crippen molar-refractivity contribution in [1.29, 1.82) is 0 Å². The summed E-state index contributed by atoms with van der Waals surface area (Å²) >= 11 is 4.90. The lowest BCUT2D eigenvalue weighted by molar-refractivity contribution is -0.212. The number of hydrogen-bond donors (Lipinski definition) is 3. The van der Waals surface area contributed by atoms with Crippen LogP contribution in [0.2, 0.25) is 0 Å². The van der Waals surface area contributed by atoms with E-state index in [9.17, 15) is 19.4 Å². The van der Waals surface area contributed by atoms with Crippen molar-refractivity contribution in [3.63, 3.8) is 0 Å². The van der Waals surface area contributed by atoms with Gasteiger partial charge in [0.25, 0.3) is 5.85 Å². The van der Waals surface area contributed by atoms with Crippen LogP contribution < -0.4 is 5.69 Å². The topological polar surface area (TPSA) is 96.7 Å². The van der Waals surface area contributed by atoms with Crippen LogP contribution >= 0.6 is 12.2 Å². The van der Waals surface area contributed by atoms with Gasteiger partial charge in [-0.1, -0.05) is 12.2 Å². The summed E-state index contributed by atoms with van der Waals surface area (Å²) in [7, 11) is 1.23. The Hall–Kier alpha value is -1.13. The molecule has 2 rings (SSSR count). The zero-order chi connectivity index (χ0) is 15.1. The molecule has 0 spiro atoms. The normalized spacial score (nSPS) is 33.5. The fourth-order valence-electron chi connectivity index (χ4n) is 2.06. The van der Waals surface area contributed by atoms with Crippen molar-refractivity contribution in [3.05, 3.63) is 26.9 Å². The van der Waals surface area contributed by atoms with Crippen LogP contribution in [0, 0.1) is 11.6 Å². The predicted molar refractivity (Wildman–Crippen MR) is 68.5 cm³/mol. The first-order valence-electron chi connectivity index (χ1n) is 5.84. The SMILES string of the molecule is COC[C@@]1(F)O[C@@H](n2cc(C)c(=S)[nH]c2=O)[C@H](O)[C@@H]1O. The highest BCUT2D eigenvalue weighted by molar-refractivity contribution is 7.71. The molecule has 20 heavy (non-hydrogen) atoms. The first-order chi connectivity index (χ1) is 9.30. The summed E-state index contributed by atoms with van der Waals surface area (Å²) in [6, 6.07) is 0. The zero-order valence-electron chi connectivity index (χ0n) is 10.9. The molecule has 0 radical (unpaired) electrons. The van der Waals surface area contributed by atoms with Crippen LogP contribution in [-0.2, 0) is 9.47 Å². The Morgan fingerprint density at radius 2 is 2.30 bits per heavy atom. The van der Waals surface area contributed by atoms with Gasteiger partial charge in [-0.05, 0) is 6.92 Å². The van der Waals surface area contributed by atoms with E-state index in [0.717, 1.165) is 4.57 Å². The minimum Gasteiger partial charge on any atom is -0.385 e. The van der Waals surface area contributed by atoms with Crippen LogP contribution in [0.3, 0.4) is 0 Å². The maximum absolute atomic E-state index is 14.3. The summed E-state index contributed by atoms with van der Waals surface area (Å²) in [6.45, 7) is 1.07. The van der Waals surface area contributed by atoms with Gasteiger partial charge in [-0.2, -0.15) is 0 Å². The number of alkyl halides is 1. The van der Waals surface area contributed by atoms with Gasteiger partial charge in [0, 0.05) is 18.9 Å². The van der Waals surface area contributed by atoms with Gasteiger partial charge in [0.15, 0.2) is 6.23 Å². The first kappa shape index (κ1) is 15.3. The average Bonchev–Trinajstić information content (AvgIpc) is 2.59. The van der Waals surface area contributed by atoms with Crippen LogP contribution in [0.1, 0.15) is 11.8 Å². The predicted octanol–water partition coefficient (Wildman–Crippen LogP) is -0.223. The molecule has 1 aromatic rings. The summed E-state index contributed by atoms with van der Waals surface area (Å²) in [5.41, 5.74) is -0.119. The molecule has 7 nitrogen and oxygen atoms in total. The molecule has 1 aliphatic heterocycles. The Balaban J connectivity index is 2.42. The highest BCUT2D eigenvalue weighted by Crippen LogP contribution is 2.37. The van der Waals surface area contributed by atoms with E-state index in [1.165, 1.54) is 13.3 Å². The summed E-state index contributed by atoms with van der Waals surface area (Å²) < 4.78 is 25.1. The fourth-order valence-corrected chi connectivity index (χ4v) is 2.20. The quantitative estimate of drug-likeness (QED) is 0.668. The molecular weight excluding hydrogens is 291 g/mol. The second-order valence-electron chi connectivity index (χ2n) is 4.64. The summed E-state index contributed by atoms with van der Waals surface area (Å²) in [4.78, 5) is 14.2. The van der Waals surface area contributed by atoms with E-state index in [0.29, 0.717) is 5.56 Å². The lowest BCUT2D eigenvalue weighted by atomic mass is 10.1. The number of aliphatic hydroxyl groups is 2. The maximum atomic E-state index is 14.3. The maximum Gasteiger partial charge on any atom is 0.328 e. The van der Waals surface area contributed by atoms with Crippen molar-refractivity contribution >= 4 is 12.2 Å². The van der Waals surface area contributed by atoms with Crippen LogP contribution in [0.15, 0.2) is 11.0 Å². The highest BCUT2D eigenvalue weighted by atomic mass is 32.1. The lowest BCUT2D eigenvalue weighted by Crippen LogP contribution is -2.42. The van der Waals surface area contributed by atoms with E-state index in [2.05, 4.69) is 9.72 Å². The Kier molecular flexibility index (Phi) is 4.07. The van der Waals surface area contributed by atoms with Crippen LogP contribution in [-0.4, -0.2) is 51.5 Å². The molecule has 0 aromatic carbocycles. The van der Waals surface area contributed by atoms with Gasteiger partial charge < -0.3 is 19.7 Å². The number of ether oxygens (including phenoxy) is 2. The monoisotopic (exact) mass is 306 g/mol. The highest BCUT2D eigenvalue weighted by Gasteiger charge is 2.56. The number of hydrogen-bond acceptors (Lipinski definition) is 6. The van der Waals surface area contributed by atoms with Gasteiger partial charge in [-0.25, -0.2) is 9.18 Å². The molecule has 1 aliphatic rings. The van der Waals surface area contributed by atoms with Crippen LogP contribution in [0.5, 0.6) is 0 Å². The van der Waals surface area contributed by atoms with Gasteiger partial charge >= 0.3 is 5.69 Å². The van der Waals surface area contributed by atoms with Gasteiger partial charge in [-0.15, -0.1) is 0 Å². The smallest absolute Gasteiger partial charge is 0.328 e. The van der Waals surface area contributed by atoms with E-state index in [-0.39, 0.29) is 4.64 Å². The number of aromatic amines is 1. The largest absolute Gasteiger partial charge is 0.385 e. The van der Waals surface area contributed by atoms with E-state index < -0.39 is 36.6 Å². The number of halogens is 1. The lowest BCUT2D eigenvalue weighted by Gasteiger charge is -2.21. The summed E-state index contributed by atoms with van der Waals surface area (Å²) in [5.74, 6) is -2.58. The second kappa shape index (κ2) is 5.34. The molecule has 3 N–H and O–H groups in total. The molecule has 1 fully saturated rings. The van der Waals surface area contributed by atoms with Crippen LogP contribution in [0.4, 0.5) is 4.39 Å². The molecule has 0 bridgehead atoms. The Bertz CT molecular complexity index is 618. The number of aliphatic hydroxyl groups excluding tert-OH is 2. The van der Waals surface area contributed by atoms with Crippen molar-refractivity contribution < 1.29 is 24.1 Å². The van der Waals surface area contributed by atoms with Crippen molar-refractivity contribution in [1.82, 2.24) is 9.55 Å². The number of nitrogens with zero attached hydrogens (tertiary/aromatic N) is 1. The first-order valence-corrected chi connectivity index (χ1v) is 6.25. The molecule has 1 aromatic heterocycles. The van der Waals surface area contributed by atoms with E-state index in [4.69, 9.17) is 17.0 Å². The molecule has 0 saturated carbocycles. The molecule has 0 unspecified atom stereocenters. The number of methoxy groups -OCH3 is 1. The van der Waals surface area contributed by atoms with Crippen LogP contribution in [0.25, 0.3) is 0 Å². The number of nitrogens with one attached hydrogen (secondary N) is 1. The third-order valence-corrected chi connectivity index (χ3v) is 3.56. The third kappa shape index (κ3) is 2.42. The third-order valence-electron chi connectivity index (χ3n) is 3.14. The Morgan fingerprint density at radius 1 is 1.65 bits per heavy atom. The van der Waals surface area contributed by atoms with Gasteiger partial charge in [0.05, 0.1) is 0 Å². The van der Waals surface area contributed by atoms with Crippen molar-refractivity contribution in [3.8, 4) is 0 Å². The van der Waals surface area contributed by atoms with Crippen molar-refractivity contribution in [2.45, 2.75) is 31.2 Å². The van der Waals surface area contributed by atoms with Crippen molar-refractivity contribution in [2.75, 3.05) is 13.7 Å². The molecule has 4 atom stereocenters. The Morgan fingerprint density at radius 3 is 2.90 bits per heavy atom. The molecule has 2 heterocycles. The molecule has 0 aliphatic carbocycles. The molecular formula is C11H15FN2O5S. The van der Waals surface area contributed by atoms with E-state index >= 15 is 0 Å². The minimum absolute atomic E-state index is 0.239.